The first kappa shape index (κ1) is 13.4. The van der Waals surface area contributed by atoms with E-state index in [1.54, 1.807) is 12.1 Å². The fraction of sp³-hybridized carbons (Fsp3) is 0.143. The molecule has 19 heavy (non-hydrogen) atoms. The van der Waals surface area contributed by atoms with Crippen LogP contribution in [0.25, 0.3) is 6.08 Å². The van der Waals surface area contributed by atoms with Gasteiger partial charge in [0.15, 0.2) is 5.76 Å². The topological polar surface area (TPSA) is 55.1 Å². The predicted molar refractivity (Wildman–Crippen MR) is 73.4 cm³/mol. The first-order chi connectivity index (χ1) is 9.28. The SMILES string of the molecule is O=C(/C=C\c1ccccc1)NCc1cc(CCl)no1. The molecule has 5 heteroatoms. The summed E-state index contributed by atoms with van der Waals surface area (Å²) in [5.41, 5.74) is 1.63. The van der Waals surface area contributed by atoms with Gasteiger partial charge in [0, 0.05) is 12.1 Å². The number of amides is 1. The average Bonchev–Trinajstić information content (AvgIpc) is 2.92. The maximum atomic E-state index is 11.6. The fourth-order valence-corrected chi connectivity index (χ4v) is 1.60. The van der Waals surface area contributed by atoms with Crippen LogP contribution in [0.2, 0.25) is 0 Å². The van der Waals surface area contributed by atoms with Gasteiger partial charge in [-0.05, 0) is 11.6 Å². The molecule has 1 heterocycles. The number of nitrogens with zero attached hydrogens (tertiary/aromatic N) is 1. The number of rotatable bonds is 5. The van der Waals surface area contributed by atoms with Gasteiger partial charge in [-0.2, -0.15) is 0 Å². The second-order valence-electron chi connectivity index (χ2n) is 3.88. The summed E-state index contributed by atoms with van der Waals surface area (Å²) in [6, 6.07) is 11.3. The molecule has 0 bridgehead atoms. The Morgan fingerprint density at radius 3 is 2.84 bits per heavy atom. The number of benzene rings is 1. The van der Waals surface area contributed by atoms with Crippen LogP contribution in [-0.4, -0.2) is 11.1 Å². The molecule has 2 aromatic rings. The number of carbonyl (C=O) groups excluding carboxylic acids is 1. The van der Waals surface area contributed by atoms with E-state index in [2.05, 4.69) is 10.5 Å². The molecule has 1 aromatic heterocycles. The van der Waals surface area contributed by atoms with Crippen molar-refractivity contribution in [3.63, 3.8) is 0 Å². The molecule has 0 aliphatic heterocycles. The van der Waals surface area contributed by atoms with Gasteiger partial charge in [0.1, 0.15) is 0 Å². The van der Waals surface area contributed by atoms with E-state index in [0.29, 0.717) is 23.9 Å². The molecular formula is C14H13ClN2O2. The molecule has 98 valence electrons. The molecule has 0 fully saturated rings. The van der Waals surface area contributed by atoms with Gasteiger partial charge in [-0.25, -0.2) is 0 Å². The van der Waals surface area contributed by atoms with Crippen molar-refractivity contribution < 1.29 is 9.32 Å². The van der Waals surface area contributed by atoms with Crippen molar-refractivity contribution >= 4 is 23.6 Å². The van der Waals surface area contributed by atoms with Crippen molar-refractivity contribution in [3.8, 4) is 0 Å². The van der Waals surface area contributed by atoms with Gasteiger partial charge in [0.05, 0.1) is 18.1 Å². The molecule has 0 atom stereocenters. The molecule has 0 radical (unpaired) electrons. The third-order valence-corrected chi connectivity index (χ3v) is 2.68. The van der Waals surface area contributed by atoms with Gasteiger partial charge in [0.2, 0.25) is 5.91 Å². The van der Waals surface area contributed by atoms with Crippen LogP contribution in [0, 0.1) is 0 Å². The minimum atomic E-state index is -0.187. The lowest BCUT2D eigenvalue weighted by molar-refractivity contribution is -0.116. The highest BCUT2D eigenvalue weighted by Crippen LogP contribution is 2.05. The second-order valence-corrected chi connectivity index (χ2v) is 4.15. The van der Waals surface area contributed by atoms with Gasteiger partial charge < -0.3 is 9.84 Å². The van der Waals surface area contributed by atoms with Crippen LogP contribution in [0.15, 0.2) is 47.0 Å². The minimum absolute atomic E-state index is 0.187. The van der Waals surface area contributed by atoms with Crippen LogP contribution in [-0.2, 0) is 17.2 Å². The van der Waals surface area contributed by atoms with Crippen LogP contribution in [0.1, 0.15) is 17.0 Å². The maximum absolute atomic E-state index is 11.6. The number of alkyl halides is 1. The van der Waals surface area contributed by atoms with Crippen molar-refractivity contribution in [2.24, 2.45) is 0 Å². The van der Waals surface area contributed by atoms with E-state index < -0.39 is 0 Å². The zero-order chi connectivity index (χ0) is 13.5. The van der Waals surface area contributed by atoms with Gasteiger partial charge in [-0.3, -0.25) is 4.79 Å². The van der Waals surface area contributed by atoms with Crippen LogP contribution in [0.5, 0.6) is 0 Å². The summed E-state index contributed by atoms with van der Waals surface area (Å²) in [7, 11) is 0. The summed E-state index contributed by atoms with van der Waals surface area (Å²) in [5.74, 6) is 0.690. The highest BCUT2D eigenvalue weighted by Gasteiger charge is 2.03. The van der Waals surface area contributed by atoms with Crippen molar-refractivity contribution in [1.29, 1.82) is 0 Å². The smallest absolute Gasteiger partial charge is 0.244 e. The molecule has 0 aliphatic rings. The van der Waals surface area contributed by atoms with E-state index >= 15 is 0 Å². The van der Waals surface area contributed by atoms with Gasteiger partial charge >= 0.3 is 0 Å². The molecular weight excluding hydrogens is 264 g/mol. The lowest BCUT2D eigenvalue weighted by Crippen LogP contribution is -2.19. The maximum Gasteiger partial charge on any atom is 0.244 e. The monoisotopic (exact) mass is 276 g/mol. The molecule has 0 saturated heterocycles. The summed E-state index contributed by atoms with van der Waals surface area (Å²) in [5, 5.41) is 6.43. The standard InChI is InChI=1S/C14H13ClN2O2/c15-9-12-8-13(19-17-12)10-16-14(18)7-6-11-4-2-1-3-5-11/h1-8H,9-10H2,(H,16,18)/b7-6-. The Balaban J connectivity index is 1.83. The van der Waals surface area contributed by atoms with Gasteiger partial charge in [-0.1, -0.05) is 35.5 Å². The van der Waals surface area contributed by atoms with Gasteiger partial charge in [0.25, 0.3) is 0 Å². The van der Waals surface area contributed by atoms with Crippen molar-refractivity contribution in [3.05, 3.63) is 59.5 Å². The molecule has 0 unspecified atom stereocenters. The first-order valence-electron chi connectivity index (χ1n) is 5.79. The first-order valence-corrected chi connectivity index (χ1v) is 6.33. The molecule has 1 aromatic carbocycles. The van der Waals surface area contributed by atoms with Crippen LogP contribution >= 0.6 is 11.6 Å². The number of aromatic nitrogens is 1. The fourth-order valence-electron chi connectivity index (χ4n) is 1.47. The summed E-state index contributed by atoms with van der Waals surface area (Å²) >= 11 is 5.60. The zero-order valence-electron chi connectivity index (χ0n) is 10.2. The normalized spacial score (nSPS) is 10.8. The third-order valence-electron chi connectivity index (χ3n) is 2.41. The Hall–Kier alpha value is -2.07. The van der Waals surface area contributed by atoms with Crippen LogP contribution in [0.3, 0.4) is 0 Å². The Bertz CT molecular complexity index is 564. The van der Waals surface area contributed by atoms with Gasteiger partial charge in [-0.15, -0.1) is 11.6 Å². The summed E-state index contributed by atoms with van der Waals surface area (Å²) in [6.45, 7) is 0.294. The Morgan fingerprint density at radius 1 is 1.37 bits per heavy atom. The minimum Gasteiger partial charge on any atom is -0.359 e. The quantitative estimate of drug-likeness (QED) is 0.675. The molecule has 2 rings (SSSR count). The predicted octanol–water partition coefficient (Wildman–Crippen LogP) is 2.74. The van der Waals surface area contributed by atoms with E-state index in [-0.39, 0.29) is 5.91 Å². The number of carbonyl (C=O) groups is 1. The lowest BCUT2D eigenvalue weighted by Gasteiger charge is -1.97. The average molecular weight is 277 g/mol. The Labute approximate surface area is 116 Å². The molecule has 4 nitrogen and oxygen atoms in total. The molecule has 1 N–H and O–H groups in total. The molecule has 0 saturated carbocycles. The number of hydrogen-bond acceptors (Lipinski definition) is 3. The van der Waals surface area contributed by atoms with Crippen LogP contribution in [0.4, 0.5) is 0 Å². The molecule has 1 amide bonds. The van der Waals surface area contributed by atoms with E-state index in [1.807, 2.05) is 30.3 Å². The van der Waals surface area contributed by atoms with Crippen molar-refractivity contribution in [2.75, 3.05) is 0 Å². The zero-order valence-corrected chi connectivity index (χ0v) is 10.9. The van der Waals surface area contributed by atoms with E-state index in [0.717, 1.165) is 5.56 Å². The van der Waals surface area contributed by atoms with E-state index in [4.69, 9.17) is 16.1 Å². The largest absolute Gasteiger partial charge is 0.359 e. The Morgan fingerprint density at radius 2 is 2.16 bits per heavy atom. The second kappa shape index (κ2) is 6.75. The van der Waals surface area contributed by atoms with E-state index in [9.17, 15) is 4.79 Å². The van der Waals surface area contributed by atoms with Crippen molar-refractivity contribution in [2.45, 2.75) is 12.4 Å². The number of nitrogens with one attached hydrogen (secondary N) is 1. The van der Waals surface area contributed by atoms with Crippen LogP contribution < -0.4 is 5.32 Å². The summed E-state index contributed by atoms with van der Waals surface area (Å²) in [6.07, 6.45) is 3.23. The Kier molecular flexibility index (Phi) is 4.75. The summed E-state index contributed by atoms with van der Waals surface area (Å²) < 4.78 is 5.00. The van der Waals surface area contributed by atoms with E-state index in [1.165, 1.54) is 6.08 Å². The number of hydrogen-bond donors (Lipinski definition) is 1. The molecule has 0 aliphatic carbocycles. The highest BCUT2D eigenvalue weighted by atomic mass is 35.5. The third kappa shape index (κ3) is 4.26. The van der Waals surface area contributed by atoms with Crippen molar-refractivity contribution in [1.82, 2.24) is 10.5 Å². The highest BCUT2D eigenvalue weighted by molar-refractivity contribution is 6.16. The summed E-state index contributed by atoms with van der Waals surface area (Å²) in [4.78, 5) is 11.6. The number of halogens is 1. The lowest BCUT2D eigenvalue weighted by atomic mass is 10.2. The molecule has 0 spiro atoms.